The molecule has 0 aliphatic carbocycles. The van der Waals surface area contributed by atoms with E-state index < -0.39 is 0 Å². The molecule has 188 valence electrons. The van der Waals surface area contributed by atoms with E-state index in [0.29, 0.717) is 18.5 Å². The summed E-state index contributed by atoms with van der Waals surface area (Å²) in [4.78, 5) is 20.6. The van der Waals surface area contributed by atoms with Crippen LogP contribution in [-0.2, 0) is 22.6 Å². The van der Waals surface area contributed by atoms with E-state index in [-0.39, 0.29) is 30.1 Å². The van der Waals surface area contributed by atoms with Crippen LogP contribution in [0.2, 0.25) is 0 Å². The lowest BCUT2D eigenvalue weighted by Crippen LogP contribution is -2.37. The quantitative estimate of drug-likeness (QED) is 0.174. The van der Waals surface area contributed by atoms with Gasteiger partial charge in [0, 0.05) is 16.6 Å². The van der Waals surface area contributed by atoms with E-state index in [1.54, 1.807) is 29.2 Å². The van der Waals surface area contributed by atoms with Gasteiger partial charge >= 0.3 is 0 Å². The molecule has 1 amide bonds. The maximum Gasteiger partial charge on any atom is 0.264 e. The Morgan fingerprint density at radius 1 is 0.946 bits per heavy atom. The number of amides is 1. The third kappa shape index (κ3) is 7.51. The van der Waals surface area contributed by atoms with Gasteiger partial charge in [-0.1, -0.05) is 93.9 Å². The molecular weight excluding hydrogens is 535 g/mol. The number of hydrogen-bond donors (Lipinski definition) is 1. The Balaban J connectivity index is 1.59. The first-order valence-electron chi connectivity index (χ1n) is 11.8. The zero-order valence-electron chi connectivity index (χ0n) is 20.0. The minimum absolute atomic E-state index is 0.0480. The Bertz CT molecular complexity index is 1330. The van der Waals surface area contributed by atoms with Crippen molar-refractivity contribution in [1.29, 1.82) is 0 Å². The minimum atomic E-state index is -0.364. The van der Waals surface area contributed by atoms with Crippen LogP contribution >= 0.6 is 15.9 Å². The van der Waals surface area contributed by atoms with Crippen molar-refractivity contribution in [3.8, 4) is 5.75 Å². The summed E-state index contributed by atoms with van der Waals surface area (Å²) in [5.41, 5.74) is 3.28. The van der Waals surface area contributed by atoms with Gasteiger partial charge in [0.15, 0.2) is 6.61 Å². The molecule has 37 heavy (non-hydrogen) atoms. The topological polar surface area (TPSA) is 62.1 Å². The molecule has 0 aromatic heterocycles. The Labute approximate surface area is 224 Å². The smallest absolute Gasteiger partial charge is 0.264 e. The number of phenols is 1. The van der Waals surface area contributed by atoms with Gasteiger partial charge in [0.05, 0.1) is 12.3 Å². The Morgan fingerprint density at radius 3 is 2.27 bits per heavy atom. The van der Waals surface area contributed by atoms with Crippen molar-refractivity contribution in [3.05, 3.63) is 136 Å². The first-order valence-corrected chi connectivity index (χ1v) is 12.6. The van der Waals surface area contributed by atoms with Crippen molar-refractivity contribution >= 4 is 28.1 Å². The van der Waals surface area contributed by atoms with Gasteiger partial charge in [0.2, 0.25) is 0 Å². The molecule has 0 spiro atoms. The van der Waals surface area contributed by atoms with E-state index >= 15 is 0 Å². The molecule has 0 aliphatic heterocycles. The number of carbonyl (C=O) groups excluding carboxylic acids is 1. The molecule has 0 bridgehead atoms. The van der Waals surface area contributed by atoms with Gasteiger partial charge in [-0.3, -0.25) is 4.79 Å². The van der Waals surface area contributed by atoms with E-state index in [2.05, 4.69) is 21.1 Å². The van der Waals surface area contributed by atoms with E-state index in [0.717, 1.165) is 21.2 Å². The van der Waals surface area contributed by atoms with Gasteiger partial charge < -0.3 is 14.8 Å². The lowest BCUT2D eigenvalue weighted by Gasteiger charge is -2.32. The highest BCUT2D eigenvalue weighted by molar-refractivity contribution is 9.10. The lowest BCUT2D eigenvalue weighted by atomic mass is 9.96. The average Bonchev–Trinajstić information content (AvgIpc) is 2.92. The molecule has 0 fully saturated rings. The van der Waals surface area contributed by atoms with Crippen LogP contribution in [0.1, 0.15) is 28.3 Å². The summed E-state index contributed by atoms with van der Waals surface area (Å²) >= 11 is 3.35. The van der Waals surface area contributed by atoms with Crippen molar-refractivity contribution < 1.29 is 19.1 Å². The zero-order chi connectivity index (χ0) is 26.0. The second-order valence-electron chi connectivity index (χ2n) is 8.48. The van der Waals surface area contributed by atoms with E-state index in [9.17, 15) is 14.3 Å². The van der Waals surface area contributed by atoms with E-state index in [4.69, 9.17) is 4.84 Å². The number of phenolic OH excluding ortho intramolecular Hbond substituents is 1. The van der Waals surface area contributed by atoms with Crippen LogP contribution in [0.15, 0.2) is 113 Å². The fourth-order valence-electron chi connectivity index (χ4n) is 3.98. The summed E-state index contributed by atoms with van der Waals surface area (Å²) in [6.07, 6.45) is 1.90. The number of nitrogens with zero attached hydrogens (tertiary/aromatic N) is 2. The Hall–Kier alpha value is -3.97. The predicted octanol–water partition coefficient (Wildman–Crippen LogP) is 6.66. The molecule has 1 atom stereocenters. The SMILES string of the molecule is O=C(CO/N=C/c1cc(Br)ccc1O)N(Cc1ccccc1)[C@H](Cc1ccccc1)c1ccc(F)cc1. The fourth-order valence-corrected chi connectivity index (χ4v) is 4.36. The number of benzene rings is 4. The highest BCUT2D eigenvalue weighted by Crippen LogP contribution is 2.28. The summed E-state index contributed by atoms with van der Waals surface area (Å²) in [6, 6.07) is 30.4. The maximum absolute atomic E-state index is 13.7. The second kappa shape index (κ2) is 12.8. The average molecular weight is 561 g/mol. The molecule has 0 unspecified atom stereocenters. The largest absolute Gasteiger partial charge is 0.507 e. The van der Waals surface area contributed by atoms with Crippen LogP contribution < -0.4 is 0 Å². The summed E-state index contributed by atoms with van der Waals surface area (Å²) in [7, 11) is 0. The molecule has 4 rings (SSSR count). The molecule has 4 aromatic carbocycles. The summed E-state index contributed by atoms with van der Waals surface area (Å²) in [5.74, 6) is -0.562. The fraction of sp³-hybridized carbons (Fsp3) is 0.133. The molecule has 0 aliphatic rings. The van der Waals surface area contributed by atoms with Gasteiger partial charge in [-0.2, -0.15) is 0 Å². The standard InChI is InChI=1S/C30H26BrFN2O3/c31-26-13-16-29(35)25(18-26)19-33-37-21-30(36)34(20-23-9-5-2-6-10-23)28(17-22-7-3-1-4-8-22)24-11-14-27(32)15-12-24/h1-16,18-19,28,35H,17,20-21H2/b33-19+/t28-/m1/s1. The van der Waals surface area contributed by atoms with Gasteiger partial charge in [-0.15, -0.1) is 0 Å². The molecule has 0 radical (unpaired) electrons. The summed E-state index contributed by atoms with van der Waals surface area (Å²) in [6.45, 7) is 0.0403. The Morgan fingerprint density at radius 2 is 1.59 bits per heavy atom. The zero-order valence-corrected chi connectivity index (χ0v) is 21.6. The highest BCUT2D eigenvalue weighted by Gasteiger charge is 2.26. The highest BCUT2D eigenvalue weighted by atomic mass is 79.9. The van der Waals surface area contributed by atoms with Gasteiger partial charge in [-0.05, 0) is 53.4 Å². The third-order valence-electron chi connectivity index (χ3n) is 5.86. The maximum atomic E-state index is 13.7. The monoisotopic (exact) mass is 560 g/mol. The molecule has 5 nitrogen and oxygen atoms in total. The van der Waals surface area contributed by atoms with Gasteiger partial charge in [0.1, 0.15) is 11.6 Å². The number of aromatic hydroxyl groups is 1. The normalized spacial score (nSPS) is 11.8. The molecule has 0 heterocycles. The van der Waals surface area contributed by atoms with Crippen LogP contribution in [-0.4, -0.2) is 28.7 Å². The molecule has 0 saturated heterocycles. The van der Waals surface area contributed by atoms with Crippen LogP contribution in [0.25, 0.3) is 0 Å². The van der Waals surface area contributed by atoms with Gasteiger partial charge in [0.25, 0.3) is 5.91 Å². The van der Waals surface area contributed by atoms with Crippen molar-refractivity contribution in [2.75, 3.05) is 6.61 Å². The van der Waals surface area contributed by atoms with Crippen molar-refractivity contribution in [3.63, 3.8) is 0 Å². The van der Waals surface area contributed by atoms with Crippen LogP contribution in [0.3, 0.4) is 0 Å². The number of oxime groups is 1. The number of rotatable bonds is 10. The number of halogens is 2. The van der Waals surface area contributed by atoms with Crippen LogP contribution in [0, 0.1) is 5.82 Å². The third-order valence-corrected chi connectivity index (χ3v) is 6.36. The Kier molecular flexibility index (Phi) is 9.05. The molecule has 4 aromatic rings. The number of carbonyl (C=O) groups is 1. The van der Waals surface area contributed by atoms with E-state index in [1.807, 2.05) is 60.7 Å². The molecule has 1 N–H and O–H groups in total. The molecular formula is C30H26BrFN2O3. The van der Waals surface area contributed by atoms with Crippen molar-refractivity contribution in [1.82, 2.24) is 4.90 Å². The molecule has 0 saturated carbocycles. The predicted molar refractivity (Wildman–Crippen MR) is 146 cm³/mol. The van der Waals surface area contributed by atoms with E-state index in [1.165, 1.54) is 24.4 Å². The summed E-state index contributed by atoms with van der Waals surface area (Å²) in [5, 5.41) is 13.9. The summed E-state index contributed by atoms with van der Waals surface area (Å²) < 4.78 is 14.5. The first-order chi connectivity index (χ1) is 18.0. The van der Waals surface area contributed by atoms with Crippen molar-refractivity contribution in [2.24, 2.45) is 5.16 Å². The minimum Gasteiger partial charge on any atom is -0.507 e. The second-order valence-corrected chi connectivity index (χ2v) is 9.39. The van der Waals surface area contributed by atoms with Crippen LogP contribution in [0.5, 0.6) is 5.75 Å². The number of hydrogen-bond acceptors (Lipinski definition) is 4. The van der Waals surface area contributed by atoms with Crippen molar-refractivity contribution in [2.45, 2.75) is 19.0 Å². The van der Waals surface area contributed by atoms with Gasteiger partial charge in [-0.25, -0.2) is 4.39 Å². The first kappa shape index (κ1) is 26.1. The van der Waals surface area contributed by atoms with Crippen LogP contribution in [0.4, 0.5) is 4.39 Å². The molecule has 7 heteroatoms. The lowest BCUT2D eigenvalue weighted by molar-refractivity contribution is -0.139.